The predicted molar refractivity (Wildman–Crippen MR) is 159 cm³/mol. The van der Waals surface area contributed by atoms with E-state index < -0.39 is 12.0 Å². The molecule has 2 N–H and O–H groups in total. The average Bonchev–Trinajstić information content (AvgIpc) is 3.47. The fraction of sp³-hybridized carbons (Fsp3) is 0.533. The molecule has 1 aliphatic heterocycles. The normalized spacial score (nSPS) is 13.1. The summed E-state index contributed by atoms with van der Waals surface area (Å²) in [4.78, 5) is 26.5. The summed E-state index contributed by atoms with van der Waals surface area (Å²) < 4.78 is 4.54. The topological polar surface area (TPSA) is 78.9 Å². The van der Waals surface area contributed by atoms with Crippen LogP contribution in [0, 0.1) is 6.92 Å². The molecule has 0 bridgehead atoms. The van der Waals surface area contributed by atoms with Gasteiger partial charge in [-0.25, -0.2) is 4.79 Å². The Hall–Kier alpha value is -2.35. The van der Waals surface area contributed by atoms with Crippen LogP contribution in [0.25, 0.3) is 11.1 Å². The minimum atomic E-state index is -1.01. The van der Waals surface area contributed by atoms with Gasteiger partial charge in [0, 0.05) is 19.3 Å². The minimum absolute atomic E-state index is 0.359. The van der Waals surface area contributed by atoms with Crippen molar-refractivity contribution in [1.82, 2.24) is 10.2 Å². The van der Waals surface area contributed by atoms with Crippen molar-refractivity contribution in [1.29, 1.82) is 0 Å². The van der Waals surface area contributed by atoms with Gasteiger partial charge in [-0.3, -0.25) is 4.79 Å². The summed E-state index contributed by atoms with van der Waals surface area (Å²) in [5, 5.41) is 11.9. The molecule has 1 amide bonds. The summed E-state index contributed by atoms with van der Waals surface area (Å²) in [6.07, 6.45) is 5.16. The molecule has 208 valence electrons. The molecule has 6 nitrogen and oxygen atoms in total. The van der Waals surface area contributed by atoms with Crippen molar-refractivity contribution in [2.45, 2.75) is 59.9 Å². The molecule has 1 heterocycles. The van der Waals surface area contributed by atoms with Crippen LogP contribution >= 0.6 is 11.8 Å². The molecule has 2 aromatic rings. The first-order valence-corrected chi connectivity index (χ1v) is 14.7. The third-order valence-electron chi connectivity index (χ3n) is 5.76. The van der Waals surface area contributed by atoms with Gasteiger partial charge >= 0.3 is 5.97 Å². The van der Waals surface area contributed by atoms with Crippen LogP contribution in [0.15, 0.2) is 48.5 Å². The Morgan fingerprint density at radius 2 is 1.57 bits per heavy atom. The summed E-state index contributed by atoms with van der Waals surface area (Å²) in [7, 11) is 1.68. The molecule has 1 aliphatic rings. The molecule has 3 rings (SSSR count). The molecule has 1 atom stereocenters. The number of aliphatic carboxylic acids is 1. The quantitative estimate of drug-likeness (QED) is 0.390. The number of rotatable bonds is 9. The second-order valence-electron chi connectivity index (χ2n) is 8.22. The van der Waals surface area contributed by atoms with E-state index in [1.165, 1.54) is 32.5 Å². The van der Waals surface area contributed by atoms with Crippen LogP contribution in [-0.4, -0.2) is 73.3 Å². The Bertz CT molecular complexity index is 883. The van der Waals surface area contributed by atoms with Crippen LogP contribution in [0.3, 0.4) is 0 Å². The van der Waals surface area contributed by atoms with Gasteiger partial charge in [0.05, 0.1) is 0 Å². The number of amides is 1. The van der Waals surface area contributed by atoms with Gasteiger partial charge in [0.25, 0.3) is 5.91 Å². The number of carboxylic acids is 1. The summed E-state index contributed by atoms with van der Waals surface area (Å²) in [6, 6.07) is 14.2. The largest absolute Gasteiger partial charge is 0.480 e. The molecule has 0 aromatic heterocycles. The molecule has 2 aromatic carbocycles. The van der Waals surface area contributed by atoms with Gasteiger partial charge in [0.15, 0.2) is 0 Å². The van der Waals surface area contributed by atoms with Crippen molar-refractivity contribution in [3.63, 3.8) is 0 Å². The van der Waals surface area contributed by atoms with Crippen molar-refractivity contribution >= 4 is 23.6 Å². The Kier molecular flexibility index (Phi) is 20.3. The van der Waals surface area contributed by atoms with E-state index in [2.05, 4.69) is 21.9 Å². The van der Waals surface area contributed by atoms with Crippen LogP contribution in [0.1, 0.15) is 62.9 Å². The maximum atomic E-state index is 12.6. The third kappa shape index (κ3) is 13.7. The van der Waals surface area contributed by atoms with Crippen molar-refractivity contribution in [2.24, 2.45) is 0 Å². The fourth-order valence-electron chi connectivity index (χ4n) is 3.62. The van der Waals surface area contributed by atoms with E-state index in [0.717, 1.165) is 23.3 Å². The van der Waals surface area contributed by atoms with Crippen LogP contribution in [-0.2, 0) is 9.53 Å². The highest BCUT2D eigenvalue weighted by Gasteiger charge is 2.22. The van der Waals surface area contributed by atoms with E-state index in [1.54, 1.807) is 31.0 Å². The van der Waals surface area contributed by atoms with Gasteiger partial charge in [0.2, 0.25) is 0 Å². The minimum Gasteiger partial charge on any atom is -0.480 e. The molecular formula is C30H48N2O4S. The first-order valence-electron chi connectivity index (χ1n) is 13.3. The number of aryl methyl sites for hydroxylation is 1. The maximum absolute atomic E-state index is 12.6. The molecular weight excluding hydrogens is 484 g/mol. The second-order valence-corrected chi connectivity index (χ2v) is 9.21. The number of carbonyl (C=O) groups excluding carboxylic acids is 1. The number of hydrogen-bond acceptors (Lipinski definition) is 5. The third-order valence-corrected chi connectivity index (χ3v) is 6.40. The van der Waals surface area contributed by atoms with Crippen molar-refractivity contribution < 1.29 is 19.4 Å². The van der Waals surface area contributed by atoms with E-state index in [4.69, 9.17) is 0 Å². The SMILES string of the molecule is CC.CCN1CCCC1.CCOC.CSCCC(NC(=O)c1ccccc1-c1ccccc1C)C(=O)O. The molecule has 37 heavy (non-hydrogen) atoms. The van der Waals surface area contributed by atoms with Gasteiger partial charge < -0.3 is 20.1 Å². The predicted octanol–water partition coefficient (Wildman–Crippen LogP) is 6.38. The van der Waals surface area contributed by atoms with E-state index in [9.17, 15) is 14.7 Å². The number of benzene rings is 2. The van der Waals surface area contributed by atoms with Crippen molar-refractivity contribution in [3.05, 3.63) is 59.7 Å². The molecule has 0 radical (unpaired) electrons. The molecule has 0 aliphatic carbocycles. The van der Waals surface area contributed by atoms with Crippen LogP contribution in [0.2, 0.25) is 0 Å². The number of hydrogen-bond donors (Lipinski definition) is 2. The number of nitrogens with zero attached hydrogens (tertiary/aromatic N) is 1. The molecule has 0 spiro atoms. The molecule has 0 saturated carbocycles. The number of carboxylic acid groups (broad SMARTS) is 1. The molecule has 1 fully saturated rings. The molecule has 7 heteroatoms. The van der Waals surface area contributed by atoms with Gasteiger partial charge in [-0.05, 0) is 87.5 Å². The Morgan fingerprint density at radius 1 is 1.03 bits per heavy atom. The van der Waals surface area contributed by atoms with E-state index in [1.807, 2.05) is 70.3 Å². The number of ether oxygens (including phenoxy) is 1. The zero-order valence-corrected chi connectivity index (χ0v) is 24.7. The van der Waals surface area contributed by atoms with Gasteiger partial charge in [-0.1, -0.05) is 63.2 Å². The zero-order chi connectivity index (χ0) is 28.1. The first-order chi connectivity index (χ1) is 17.9. The lowest BCUT2D eigenvalue weighted by molar-refractivity contribution is -0.139. The van der Waals surface area contributed by atoms with Crippen molar-refractivity contribution in [2.75, 3.05) is 45.4 Å². The second kappa shape index (κ2) is 21.7. The maximum Gasteiger partial charge on any atom is 0.326 e. The van der Waals surface area contributed by atoms with Gasteiger partial charge in [0.1, 0.15) is 6.04 Å². The Labute approximate surface area is 229 Å². The first kappa shape index (κ1) is 34.6. The van der Waals surface area contributed by atoms with Crippen LogP contribution < -0.4 is 5.32 Å². The summed E-state index contributed by atoms with van der Waals surface area (Å²) >= 11 is 1.56. The highest BCUT2D eigenvalue weighted by molar-refractivity contribution is 7.98. The summed E-state index contributed by atoms with van der Waals surface area (Å²) in [6.45, 7) is 14.9. The number of likely N-dealkylation sites (tertiary alicyclic amines) is 1. The molecule has 1 saturated heterocycles. The highest BCUT2D eigenvalue weighted by atomic mass is 32.2. The Morgan fingerprint density at radius 3 is 2.03 bits per heavy atom. The van der Waals surface area contributed by atoms with Gasteiger partial charge in [-0.15, -0.1) is 0 Å². The smallest absolute Gasteiger partial charge is 0.326 e. The lowest BCUT2D eigenvalue weighted by Crippen LogP contribution is -2.41. The Balaban J connectivity index is 0.000000819. The van der Waals surface area contributed by atoms with Crippen LogP contribution in [0.4, 0.5) is 0 Å². The van der Waals surface area contributed by atoms with E-state index >= 15 is 0 Å². The number of thioether (sulfide) groups is 1. The van der Waals surface area contributed by atoms with Crippen LogP contribution in [0.5, 0.6) is 0 Å². The zero-order valence-electron chi connectivity index (χ0n) is 23.9. The number of nitrogens with one attached hydrogen (secondary N) is 1. The van der Waals surface area contributed by atoms with E-state index in [-0.39, 0.29) is 5.91 Å². The lowest BCUT2D eigenvalue weighted by atomic mass is 9.95. The summed E-state index contributed by atoms with van der Waals surface area (Å²) in [5.41, 5.74) is 3.33. The number of methoxy groups -OCH3 is 1. The van der Waals surface area contributed by atoms with E-state index in [0.29, 0.717) is 17.7 Å². The molecule has 1 unspecified atom stereocenters. The summed E-state index contributed by atoms with van der Waals surface area (Å²) in [5.74, 6) is -0.690. The monoisotopic (exact) mass is 532 g/mol. The highest BCUT2D eigenvalue weighted by Crippen LogP contribution is 2.26. The van der Waals surface area contributed by atoms with Crippen molar-refractivity contribution in [3.8, 4) is 11.1 Å². The number of carbonyl (C=O) groups is 2. The lowest BCUT2D eigenvalue weighted by Gasteiger charge is -2.16. The average molecular weight is 533 g/mol. The standard InChI is InChI=1S/C19H21NO3S.C6H13N.C3H8O.C2H6/c1-13-7-3-4-8-14(13)15-9-5-6-10-16(15)18(21)20-17(19(22)23)11-12-24-2;1-2-7-5-3-4-6-7;1-3-4-2;1-2/h3-10,17H,11-12H2,1-2H3,(H,20,21)(H,22,23);2-6H2,1H3;3H2,1-2H3;1-2H3. The fourth-order valence-corrected chi connectivity index (χ4v) is 4.09. The van der Waals surface area contributed by atoms with Gasteiger partial charge in [-0.2, -0.15) is 11.8 Å².